The van der Waals surface area contributed by atoms with E-state index < -0.39 is 11.5 Å². The number of amides is 1. The van der Waals surface area contributed by atoms with Gasteiger partial charge in [-0.3, -0.25) is 4.79 Å². The Hall–Kier alpha value is -2.21. The first-order chi connectivity index (χ1) is 10.6. The molecule has 0 bridgehead atoms. The molecule has 0 unspecified atom stereocenters. The van der Waals surface area contributed by atoms with Crippen LogP contribution in [-0.4, -0.2) is 34.5 Å². The third-order valence-electron chi connectivity index (χ3n) is 3.90. The molecule has 2 rings (SSSR count). The monoisotopic (exact) mass is 335 g/mol. The molecule has 0 radical (unpaired) electrons. The molecule has 1 heterocycles. The van der Waals surface area contributed by atoms with E-state index in [9.17, 15) is 19.1 Å². The summed E-state index contributed by atoms with van der Waals surface area (Å²) in [6.07, 6.45) is 0. The van der Waals surface area contributed by atoms with Crippen molar-refractivity contribution in [2.45, 2.75) is 26.3 Å². The smallest absolute Gasteiger partial charge is 0.329 e. The molecule has 0 spiro atoms. The van der Waals surface area contributed by atoms with Gasteiger partial charge in [0.25, 0.3) is 5.91 Å². The first-order valence-electron chi connectivity index (χ1n) is 7.02. The maximum absolute atomic E-state index is 13.0. The lowest BCUT2D eigenvalue weighted by Gasteiger charge is -2.31. The zero-order valence-corrected chi connectivity index (χ0v) is 14.2. The lowest BCUT2D eigenvalue weighted by atomic mass is 10.0. The number of aryl methyl sites for hydroxylation is 1. The number of hydrogen-bond donors (Lipinski definition) is 1. The van der Waals surface area contributed by atoms with Crippen molar-refractivity contribution >= 4 is 23.2 Å². The van der Waals surface area contributed by atoms with Crippen LogP contribution in [-0.2, 0) is 4.79 Å². The predicted octanol–water partition coefficient (Wildman–Crippen LogP) is 3.80. The maximum Gasteiger partial charge on any atom is 0.329 e. The van der Waals surface area contributed by atoms with Gasteiger partial charge in [-0.2, -0.15) is 0 Å². The fourth-order valence-electron chi connectivity index (χ4n) is 2.04. The Kier molecular flexibility index (Phi) is 4.56. The summed E-state index contributed by atoms with van der Waals surface area (Å²) in [4.78, 5) is 26.4. The van der Waals surface area contributed by atoms with E-state index in [1.165, 1.54) is 49.3 Å². The summed E-state index contributed by atoms with van der Waals surface area (Å²) in [6.45, 7) is 4.83. The van der Waals surface area contributed by atoms with E-state index >= 15 is 0 Å². The zero-order chi connectivity index (χ0) is 17.4. The van der Waals surface area contributed by atoms with Crippen molar-refractivity contribution in [3.8, 4) is 10.4 Å². The van der Waals surface area contributed by atoms with Gasteiger partial charge in [0.2, 0.25) is 0 Å². The van der Waals surface area contributed by atoms with Gasteiger partial charge in [-0.1, -0.05) is 12.1 Å². The normalized spacial score (nSPS) is 11.3. The molecule has 23 heavy (non-hydrogen) atoms. The highest BCUT2D eigenvalue weighted by Gasteiger charge is 2.36. The zero-order valence-electron chi connectivity index (χ0n) is 13.4. The second-order valence-corrected chi connectivity index (χ2v) is 6.91. The van der Waals surface area contributed by atoms with Crippen molar-refractivity contribution in [3.05, 3.63) is 46.6 Å². The van der Waals surface area contributed by atoms with Crippen LogP contribution in [0, 0.1) is 12.7 Å². The second kappa shape index (κ2) is 6.12. The molecule has 1 aromatic carbocycles. The molecule has 0 aliphatic rings. The van der Waals surface area contributed by atoms with Crippen molar-refractivity contribution < 1.29 is 19.1 Å². The Morgan fingerprint density at radius 3 is 2.30 bits per heavy atom. The molecule has 122 valence electrons. The Morgan fingerprint density at radius 2 is 1.78 bits per heavy atom. The first-order valence-corrected chi connectivity index (χ1v) is 7.84. The van der Waals surface area contributed by atoms with E-state index in [1.54, 1.807) is 18.2 Å². The van der Waals surface area contributed by atoms with Gasteiger partial charge in [0.05, 0.1) is 4.88 Å². The van der Waals surface area contributed by atoms with Crippen LogP contribution in [0.2, 0.25) is 0 Å². The average Bonchev–Trinajstić information content (AvgIpc) is 2.88. The molecule has 0 saturated heterocycles. The number of likely N-dealkylation sites (N-methyl/N-ethyl adjacent to an activating group) is 1. The van der Waals surface area contributed by atoms with Crippen LogP contribution >= 0.6 is 11.3 Å². The number of carbonyl (C=O) groups is 2. The van der Waals surface area contributed by atoms with Gasteiger partial charge in [0, 0.05) is 11.9 Å². The maximum atomic E-state index is 13.0. The molecule has 0 fully saturated rings. The van der Waals surface area contributed by atoms with Gasteiger partial charge in [0.1, 0.15) is 11.4 Å². The number of nitrogens with zero attached hydrogens (tertiary/aromatic N) is 1. The van der Waals surface area contributed by atoms with Crippen LogP contribution in [0.4, 0.5) is 4.39 Å². The van der Waals surface area contributed by atoms with E-state index in [1.807, 2.05) is 6.92 Å². The first kappa shape index (κ1) is 17.1. The fraction of sp³-hybridized carbons (Fsp3) is 0.294. The molecule has 0 aliphatic carbocycles. The lowest BCUT2D eigenvalue weighted by molar-refractivity contribution is -0.147. The number of benzene rings is 1. The summed E-state index contributed by atoms with van der Waals surface area (Å²) in [6, 6.07) is 7.80. The minimum absolute atomic E-state index is 0.317. The summed E-state index contributed by atoms with van der Waals surface area (Å²) >= 11 is 1.28. The Labute approximate surface area is 138 Å². The molecule has 1 aromatic heterocycles. The number of hydrogen-bond acceptors (Lipinski definition) is 3. The standard InChI is InChI=1S/C17H18FNO3S/c1-10-9-13(15(20)19(4)17(2,3)16(21)22)23-14(10)11-5-7-12(18)8-6-11/h5-9H,1-4H3,(H,21,22). The number of carbonyl (C=O) groups excluding carboxylic acids is 1. The second-order valence-electron chi connectivity index (χ2n) is 5.86. The van der Waals surface area contributed by atoms with Gasteiger partial charge in [-0.25, -0.2) is 9.18 Å². The van der Waals surface area contributed by atoms with Crippen molar-refractivity contribution in [3.63, 3.8) is 0 Å². The van der Waals surface area contributed by atoms with Crippen LogP contribution < -0.4 is 0 Å². The molecule has 6 heteroatoms. The summed E-state index contributed by atoms with van der Waals surface area (Å²) in [5, 5.41) is 9.25. The van der Waals surface area contributed by atoms with Crippen LogP contribution in [0.1, 0.15) is 29.1 Å². The lowest BCUT2D eigenvalue weighted by Crippen LogP contribution is -2.50. The molecule has 2 aromatic rings. The highest BCUT2D eigenvalue weighted by atomic mass is 32.1. The van der Waals surface area contributed by atoms with E-state index in [-0.39, 0.29) is 11.7 Å². The number of carboxylic acids is 1. The summed E-state index contributed by atoms with van der Waals surface area (Å²) in [5.41, 5.74) is 0.421. The molecular formula is C17H18FNO3S. The molecule has 0 atom stereocenters. The van der Waals surface area contributed by atoms with Gasteiger partial charge in [0.15, 0.2) is 0 Å². The van der Waals surface area contributed by atoms with Crippen molar-refractivity contribution in [1.82, 2.24) is 4.90 Å². The quantitative estimate of drug-likeness (QED) is 0.924. The Bertz CT molecular complexity index is 750. The summed E-state index contributed by atoms with van der Waals surface area (Å²) in [5.74, 6) is -1.73. The Balaban J connectivity index is 2.35. The van der Waals surface area contributed by atoms with Crippen LogP contribution in [0.3, 0.4) is 0 Å². The highest BCUT2D eigenvalue weighted by molar-refractivity contribution is 7.17. The third-order valence-corrected chi connectivity index (χ3v) is 5.18. The van der Waals surface area contributed by atoms with Crippen molar-refractivity contribution in [2.24, 2.45) is 0 Å². The number of thiophene rings is 1. The number of carboxylic acid groups (broad SMARTS) is 1. The third kappa shape index (κ3) is 3.27. The van der Waals surface area contributed by atoms with E-state index in [2.05, 4.69) is 0 Å². The molecule has 1 N–H and O–H groups in total. The molecule has 0 saturated carbocycles. The summed E-state index contributed by atoms with van der Waals surface area (Å²) < 4.78 is 13.0. The number of halogens is 1. The molecule has 4 nitrogen and oxygen atoms in total. The number of aliphatic carboxylic acids is 1. The van der Waals surface area contributed by atoms with Gasteiger partial charge < -0.3 is 10.0 Å². The SMILES string of the molecule is Cc1cc(C(=O)N(C)C(C)(C)C(=O)O)sc1-c1ccc(F)cc1. The molecule has 0 aliphatic heterocycles. The van der Waals surface area contributed by atoms with Crippen LogP contribution in [0.15, 0.2) is 30.3 Å². The largest absolute Gasteiger partial charge is 0.480 e. The number of rotatable bonds is 4. The molecular weight excluding hydrogens is 317 g/mol. The van der Waals surface area contributed by atoms with Crippen molar-refractivity contribution in [1.29, 1.82) is 0 Å². The summed E-state index contributed by atoms with van der Waals surface area (Å²) in [7, 11) is 1.48. The van der Waals surface area contributed by atoms with Gasteiger partial charge in [-0.15, -0.1) is 11.3 Å². The van der Waals surface area contributed by atoms with Crippen LogP contribution in [0.5, 0.6) is 0 Å². The van der Waals surface area contributed by atoms with Crippen molar-refractivity contribution in [2.75, 3.05) is 7.05 Å². The van der Waals surface area contributed by atoms with E-state index in [4.69, 9.17) is 0 Å². The minimum atomic E-state index is -1.30. The fourth-order valence-corrected chi connectivity index (χ4v) is 3.19. The van der Waals surface area contributed by atoms with Crippen LogP contribution in [0.25, 0.3) is 10.4 Å². The van der Waals surface area contributed by atoms with E-state index in [0.29, 0.717) is 4.88 Å². The average molecular weight is 335 g/mol. The topological polar surface area (TPSA) is 57.6 Å². The molecule has 1 amide bonds. The van der Waals surface area contributed by atoms with Gasteiger partial charge >= 0.3 is 5.97 Å². The Morgan fingerprint density at radius 1 is 1.22 bits per heavy atom. The van der Waals surface area contributed by atoms with Gasteiger partial charge in [-0.05, 0) is 50.1 Å². The minimum Gasteiger partial charge on any atom is -0.480 e. The highest BCUT2D eigenvalue weighted by Crippen LogP contribution is 2.33. The predicted molar refractivity (Wildman–Crippen MR) is 88.3 cm³/mol. The van der Waals surface area contributed by atoms with E-state index in [0.717, 1.165) is 16.0 Å².